The highest BCUT2D eigenvalue weighted by Crippen LogP contribution is 2.40. The van der Waals surface area contributed by atoms with Gasteiger partial charge >= 0.3 is 5.97 Å². The van der Waals surface area contributed by atoms with Crippen LogP contribution < -0.4 is 0 Å². The number of ether oxygens (including phenoxy) is 1. The van der Waals surface area contributed by atoms with Gasteiger partial charge in [0.15, 0.2) is 0 Å². The Balaban J connectivity index is 2.16. The number of nitrogens with one attached hydrogen (secondary N) is 1. The second-order valence-corrected chi connectivity index (χ2v) is 8.05. The first-order chi connectivity index (χ1) is 15.8. The third-order valence-electron chi connectivity index (χ3n) is 6.27. The van der Waals surface area contributed by atoms with Crippen LogP contribution in [0, 0.1) is 13.8 Å². The van der Waals surface area contributed by atoms with E-state index >= 15 is 0 Å². The number of hydrogen-bond donors (Lipinski definition) is 2. The van der Waals surface area contributed by atoms with Crippen molar-refractivity contribution in [3.63, 3.8) is 0 Å². The molecule has 1 amide bonds. The molecular weight excluding hydrogens is 422 g/mol. The van der Waals surface area contributed by atoms with Crippen LogP contribution in [0.3, 0.4) is 0 Å². The SMILES string of the molecule is CCN(CC)CCN1C(=O)C(=O)/C(=C(\O)c2c(C)[nH]c(C(=O)OC)c2C)[C@H]1c1ccccc1. The summed E-state index contributed by atoms with van der Waals surface area (Å²) in [6.07, 6.45) is 0. The zero-order valence-corrected chi connectivity index (χ0v) is 19.8. The molecule has 0 spiro atoms. The number of ketones is 1. The Kier molecular flexibility index (Phi) is 7.38. The van der Waals surface area contributed by atoms with Crippen molar-refractivity contribution in [3.8, 4) is 0 Å². The van der Waals surface area contributed by atoms with Crippen LogP contribution in [0.5, 0.6) is 0 Å². The number of hydrogen-bond acceptors (Lipinski definition) is 6. The van der Waals surface area contributed by atoms with Gasteiger partial charge in [0.2, 0.25) is 0 Å². The number of nitrogens with zero attached hydrogens (tertiary/aromatic N) is 2. The van der Waals surface area contributed by atoms with E-state index in [0.717, 1.165) is 18.7 Å². The third-order valence-corrected chi connectivity index (χ3v) is 6.27. The molecule has 2 heterocycles. The van der Waals surface area contributed by atoms with Gasteiger partial charge in [-0.05, 0) is 38.1 Å². The van der Waals surface area contributed by atoms with E-state index < -0.39 is 23.7 Å². The summed E-state index contributed by atoms with van der Waals surface area (Å²) in [4.78, 5) is 45.0. The summed E-state index contributed by atoms with van der Waals surface area (Å²) < 4.78 is 4.81. The molecule has 1 aromatic heterocycles. The van der Waals surface area contributed by atoms with Gasteiger partial charge in [-0.15, -0.1) is 0 Å². The number of benzene rings is 1. The van der Waals surface area contributed by atoms with Gasteiger partial charge in [-0.1, -0.05) is 44.2 Å². The lowest BCUT2D eigenvalue weighted by Crippen LogP contribution is -2.38. The van der Waals surface area contributed by atoms with Gasteiger partial charge in [0.25, 0.3) is 11.7 Å². The third kappa shape index (κ3) is 4.43. The molecule has 1 fully saturated rings. The fraction of sp³-hybridized carbons (Fsp3) is 0.400. The molecule has 1 aromatic carbocycles. The molecule has 0 bridgehead atoms. The van der Waals surface area contributed by atoms with E-state index in [9.17, 15) is 19.5 Å². The Morgan fingerprint density at radius 2 is 1.79 bits per heavy atom. The summed E-state index contributed by atoms with van der Waals surface area (Å²) in [6, 6.07) is 8.48. The van der Waals surface area contributed by atoms with Crippen molar-refractivity contribution in [1.29, 1.82) is 0 Å². The average molecular weight is 454 g/mol. The maximum atomic E-state index is 13.2. The van der Waals surface area contributed by atoms with Crippen LogP contribution in [0.25, 0.3) is 5.76 Å². The van der Waals surface area contributed by atoms with Gasteiger partial charge in [-0.2, -0.15) is 0 Å². The number of rotatable bonds is 8. The van der Waals surface area contributed by atoms with Crippen LogP contribution in [0.15, 0.2) is 35.9 Å². The van der Waals surface area contributed by atoms with Gasteiger partial charge < -0.3 is 24.6 Å². The number of amides is 1. The Morgan fingerprint density at radius 3 is 2.36 bits per heavy atom. The van der Waals surface area contributed by atoms with E-state index in [1.807, 2.05) is 44.2 Å². The van der Waals surface area contributed by atoms with Gasteiger partial charge in [-0.25, -0.2) is 4.79 Å². The number of carbonyl (C=O) groups is 3. The van der Waals surface area contributed by atoms with E-state index in [2.05, 4.69) is 9.88 Å². The van der Waals surface area contributed by atoms with E-state index in [1.54, 1.807) is 13.8 Å². The molecule has 0 aliphatic carbocycles. The zero-order valence-electron chi connectivity index (χ0n) is 19.8. The molecule has 0 unspecified atom stereocenters. The molecule has 1 aliphatic rings. The minimum atomic E-state index is -0.736. The van der Waals surface area contributed by atoms with Crippen LogP contribution >= 0.6 is 0 Å². The largest absolute Gasteiger partial charge is 0.507 e. The van der Waals surface area contributed by atoms with Crippen LogP contribution in [0.2, 0.25) is 0 Å². The van der Waals surface area contributed by atoms with E-state index in [0.29, 0.717) is 29.9 Å². The molecule has 1 saturated heterocycles. The molecule has 8 nitrogen and oxygen atoms in total. The number of carbonyl (C=O) groups excluding carboxylic acids is 3. The average Bonchev–Trinajstić information content (AvgIpc) is 3.26. The first-order valence-corrected chi connectivity index (χ1v) is 11.1. The number of aryl methyl sites for hydroxylation is 1. The summed E-state index contributed by atoms with van der Waals surface area (Å²) in [7, 11) is 1.27. The Morgan fingerprint density at radius 1 is 1.15 bits per heavy atom. The molecule has 8 heteroatoms. The fourth-order valence-electron chi connectivity index (χ4n) is 4.43. The standard InChI is InChI=1S/C25H31N3O5/c1-6-27(7-2)13-14-28-21(17-11-9-8-10-12-17)19(23(30)24(28)31)22(29)18-15(3)20(25(32)33-5)26-16(18)4/h8-12,21,26,29H,6-7,13-14H2,1-5H3/b22-19-/t21-/m1/s1. The van der Waals surface area contributed by atoms with Gasteiger partial charge in [0, 0.05) is 24.3 Å². The van der Waals surface area contributed by atoms with Gasteiger partial charge in [0.1, 0.15) is 11.5 Å². The highest BCUT2D eigenvalue weighted by Gasteiger charge is 2.46. The van der Waals surface area contributed by atoms with E-state index in [-0.39, 0.29) is 17.0 Å². The molecule has 1 aliphatic heterocycles. The van der Waals surface area contributed by atoms with E-state index in [4.69, 9.17) is 4.74 Å². The number of H-pyrrole nitrogens is 1. The number of methoxy groups -OCH3 is 1. The molecule has 1 atom stereocenters. The number of Topliss-reactive ketones (excluding diaryl/α,β-unsaturated/α-hetero) is 1. The van der Waals surface area contributed by atoms with Crippen molar-refractivity contribution in [2.75, 3.05) is 33.3 Å². The molecule has 2 aromatic rings. The van der Waals surface area contributed by atoms with Crippen molar-refractivity contribution in [1.82, 2.24) is 14.8 Å². The molecule has 3 rings (SSSR count). The van der Waals surface area contributed by atoms with Crippen molar-refractivity contribution in [2.24, 2.45) is 0 Å². The molecular formula is C25H31N3O5. The minimum absolute atomic E-state index is 0.0207. The highest BCUT2D eigenvalue weighted by atomic mass is 16.5. The number of esters is 1. The summed E-state index contributed by atoms with van der Waals surface area (Å²) in [5, 5.41) is 11.4. The summed E-state index contributed by atoms with van der Waals surface area (Å²) in [6.45, 7) is 10.1. The zero-order chi connectivity index (χ0) is 24.3. The first-order valence-electron chi connectivity index (χ1n) is 11.1. The number of aliphatic hydroxyl groups excluding tert-OH is 1. The number of aromatic amines is 1. The number of aromatic nitrogens is 1. The Labute approximate surface area is 193 Å². The molecule has 0 saturated carbocycles. The van der Waals surface area contributed by atoms with Gasteiger partial charge in [-0.3, -0.25) is 9.59 Å². The van der Waals surface area contributed by atoms with Crippen LogP contribution in [-0.2, 0) is 14.3 Å². The summed E-state index contributed by atoms with van der Waals surface area (Å²) >= 11 is 0. The molecule has 0 radical (unpaired) electrons. The van der Waals surface area contributed by atoms with E-state index in [1.165, 1.54) is 12.0 Å². The molecule has 2 N–H and O–H groups in total. The van der Waals surface area contributed by atoms with Crippen molar-refractivity contribution in [2.45, 2.75) is 33.7 Å². The molecule has 176 valence electrons. The smallest absolute Gasteiger partial charge is 0.354 e. The van der Waals surface area contributed by atoms with Crippen LogP contribution in [0.4, 0.5) is 0 Å². The van der Waals surface area contributed by atoms with Crippen LogP contribution in [-0.4, -0.2) is 70.8 Å². The summed E-state index contributed by atoms with van der Waals surface area (Å²) in [5.41, 5.74) is 2.25. The second-order valence-electron chi connectivity index (χ2n) is 8.05. The van der Waals surface area contributed by atoms with Crippen molar-refractivity contribution >= 4 is 23.4 Å². The van der Waals surface area contributed by atoms with Gasteiger partial charge in [0.05, 0.1) is 18.7 Å². The van der Waals surface area contributed by atoms with Crippen molar-refractivity contribution in [3.05, 3.63) is 64.0 Å². The maximum absolute atomic E-state index is 13.2. The number of aliphatic hydroxyl groups is 1. The first kappa shape index (κ1) is 24.3. The highest BCUT2D eigenvalue weighted by molar-refractivity contribution is 6.46. The predicted octanol–water partition coefficient (Wildman–Crippen LogP) is 3.18. The maximum Gasteiger partial charge on any atom is 0.354 e. The second kappa shape index (κ2) is 10.0. The topological polar surface area (TPSA) is 103 Å². The molecule has 33 heavy (non-hydrogen) atoms. The number of likely N-dealkylation sites (tertiary alicyclic amines) is 1. The monoisotopic (exact) mass is 453 g/mol. The lowest BCUT2D eigenvalue weighted by atomic mass is 9.94. The summed E-state index contributed by atoms with van der Waals surface area (Å²) in [5.74, 6) is -2.25. The Bertz CT molecular complexity index is 1080. The van der Waals surface area contributed by atoms with Crippen molar-refractivity contribution < 1.29 is 24.2 Å². The predicted molar refractivity (Wildman–Crippen MR) is 125 cm³/mol. The van der Waals surface area contributed by atoms with Crippen LogP contribution in [0.1, 0.15) is 52.8 Å². The minimum Gasteiger partial charge on any atom is -0.507 e. The lowest BCUT2D eigenvalue weighted by Gasteiger charge is -2.28. The lowest BCUT2D eigenvalue weighted by molar-refractivity contribution is -0.140. The fourth-order valence-corrected chi connectivity index (χ4v) is 4.43. The quantitative estimate of drug-likeness (QED) is 0.275. The number of likely N-dealkylation sites (N-methyl/N-ethyl adjacent to an activating group) is 1. The normalized spacial score (nSPS) is 17.8. The Hall–Kier alpha value is -3.39.